The molecule has 0 atom stereocenters. The second kappa shape index (κ2) is 11.4. The molecule has 0 saturated carbocycles. The molecule has 0 fully saturated rings. The summed E-state index contributed by atoms with van der Waals surface area (Å²) in [5, 5.41) is 16.5. The minimum Gasteiger partial charge on any atom is -0.361 e. The number of fused-ring (bicyclic) bond motifs is 2. The van der Waals surface area contributed by atoms with Crippen LogP contribution >= 0.6 is 24.0 Å². The Balaban J connectivity index is 0.00000272. The Morgan fingerprint density at radius 2 is 2.10 bits per heavy atom. The van der Waals surface area contributed by atoms with Crippen LogP contribution in [-0.4, -0.2) is 45.3 Å². The van der Waals surface area contributed by atoms with Crippen molar-refractivity contribution in [1.82, 2.24) is 30.4 Å². The molecular weight excluding hydrogens is 508 g/mol. The molecule has 3 aromatic rings. The summed E-state index contributed by atoms with van der Waals surface area (Å²) in [5.74, 6) is 2.74. The molecule has 0 aliphatic carbocycles. The number of aryl methyl sites for hydroxylation is 1. The van der Waals surface area contributed by atoms with Crippen LogP contribution in [0.25, 0.3) is 10.9 Å². The van der Waals surface area contributed by atoms with Crippen molar-refractivity contribution in [3.05, 3.63) is 47.4 Å². The van der Waals surface area contributed by atoms with Gasteiger partial charge in [-0.05, 0) is 49.9 Å². The Kier molecular flexibility index (Phi) is 8.68. The highest BCUT2D eigenvalue weighted by Gasteiger charge is 2.14. The largest absolute Gasteiger partial charge is 0.361 e. The van der Waals surface area contributed by atoms with Crippen LogP contribution in [0.4, 0.5) is 4.39 Å². The monoisotopic (exact) mass is 539 g/mol. The molecule has 3 N–H and O–H groups in total. The average Bonchev–Trinajstić information content (AvgIpc) is 3.23. The van der Waals surface area contributed by atoms with Gasteiger partial charge in [0.1, 0.15) is 17.5 Å². The zero-order valence-corrected chi connectivity index (χ0v) is 20.3. The first-order chi connectivity index (χ1) is 14.7. The van der Waals surface area contributed by atoms with Crippen molar-refractivity contribution >= 4 is 40.8 Å². The molecule has 0 radical (unpaired) electrons. The Morgan fingerprint density at radius 1 is 1.19 bits per heavy atom. The number of hydrogen-bond donors (Lipinski definition) is 3. The van der Waals surface area contributed by atoms with Gasteiger partial charge >= 0.3 is 0 Å². The maximum atomic E-state index is 13.4. The first-order valence-corrected chi connectivity index (χ1v) is 10.9. The van der Waals surface area contributed by atoms with Crippen molar-refractivity contribution in [2.75, 3.05) is 19.6 Å². The number of nitrogens with zero attached hydrogens (tertiary/aromatic N) is 4. The van der Waals surface area contributed by atoms with Crippen molar-refractivity contribution in [2.24, 2.45) is 4.99 Å². The molecule has 7 nitrogen and oxygen atoms in total. The van der Waals surface area contributed by atoms with Crippen molar-refractivity contribution in [1.29, 1.82) is 0 Å². The SMILES string of the molecule is CCNC(=NCCc1nnc2n1CCCCC2)NCCc1c[nH]c2cc(F)ccc12.I. The number of aromatic nitrogens is 4. The lowest BCUT2D eigenvalue weighted by molar-refractivity contribution is 0.604. The topological polar surface area (TPSA) is 82.9 Å². The van der Waals surface area contributed by atoms with Gasteiger partial charge in [0.25, 0.3) is 0 Å². The number of guanidine groups is 1. The van der Waals surface area contributed by atoms with Gasteiger partial charge in [-0.3, -0.25) is 4.99 Å². The fourth-order valence-corrected chi connectivity index (χ4v) is 4.02. The van der Waals surface area contributed by atoms with E-state index in [1.165, 1.54) is 37.0 Å². The van der Waals surface area contributed by atoms with Gasteiger partial charge in [-0.15, -0.1) is 34.2 Å². The van der Waals surface area contributed by atoms with Gasteiger partial charge in [0.15, 0.2) is 5.96 Å². The van der Waals surface area contributed by atoms with Crippen LogP contribution in [-0.2, 0) is 25.8 Å². The van der Waals surface area contributed by atoms with E-state index in [-0.39, 0.29) is 29.8 Å². The predicted octanol–water partition coefficient (Wildman–Crippen LogP) is 3.58. The molecule has 1 aromatic carbocycles. The smallest absolute Gasteiger partial charge is 0.191 e. The van der Waals surface area contributed by atoms with Gasteiger partial charge in [0.05, 0.1) is 0 Å². The quantitative estimate of drug-likeness (QED) is 0.244. The predicted molar refractivity (Wildman–Crippen MR) is 133 cm³/mol. The van der Waals surface area contributed by atoms with E-state index < -0.39 is 0 Å². The number of nitrogens with one attached hydrogen (secondary N) is 3. The number of benzene rings is 1. The van der Waals surface area contributed by atoms with E-state index in [1.807, 2.05) is 12.3 Å². The van der Waals surface area contributed by atoms with Crippen LogP contribution in [0.5, 0.6) is 0 Å². The highest BCUT2D eigenvalue weighted by atomic mass is 127. The number of rotatable bonds is 7. The Labute approximate surface area is 199 Å². The third kappa shape index (κ3) is 5.96. The van der Waals surface area contributed by atoms with Crippen LogP contribution in [0, 0.1) is 5.82 Å². The zero-order chi connectivity index (χ0) is 20.8. The summed E-state index contributed by atoms with van der Waals surface area (Å²) in [7, 11) is 0. The molecule has 31 heavy (non-hydrogen) atoms. The van der Waals surface area contributed by atoms with E-state index >= 15 is 0 Å². The molecule has 0 saturated heterocycles. The minimum atomic E-state index is -0.222. The van der Waals surface area contributed by atoms with Crippen molar-refractivity contribution in [2.45, 2.75) is 52.0 Å². The molecule has 9 heteroatoms. The maximum Gasteiger partial charge on any atom is 0.191 e. The minimum absolute atomic E-state index is 0. The second-order valence-electron chi connectivity index (χ2n) is 7.69. The van der Waals surface area contributed by atoms with Gasteiger partial charge in [0.2, 0.25) is 0 Å². The number of aromatic amines is 1. The Bertz CT molecular complexity index is 1010. The lowest BCUT2D eigenvalue weighted by Gasteiger charge is -2.11. The van der Waals surface area contributed by atoms with Gasteiger partial charge in [-0.2, -0.15) is 0 Å². The molecule has 0 bridgehead atoms. The van der Waals surface area contributed by atoms with E-state index in [9.17, 15) is 4.39 Å². The molecule has 1 aliphatic rings. The summed E-state index contributed by atoms with van der Waals surface area (Å²) in [6.45, 7) is 5.30. The summed E-state index contributed by atoms with van der Waals surface area (Å²) in [5.41, 5.74) is 2.00. The second-order valence-corrected chi connectivity index (χ2v) is 7.69. The summed E-state index contributed by atoms with van der Waals surface area (Å²) in [4.78, 5) is 7.85. The van der Waals surface area contributed by atoms with Crippen LogP contribution < -0.4 is 10.6 Å². The Morgan fingerprint density at radius 3 is 2.97 bits per heavy atom. The van der Waals surface area contributed by atoms with E-state index in [1.54, 1.807) is 0 Å². The van der Waals surface area contributed by atoms with E-state index in [4.69, 9.17) is 4.99 Å². The van der Waals surface area contributed by atoms with E-state index in [2.05, 4.69) is 37.3 Å². The normalized spacial score (nSPS) is 14.1. The summed E-state index contributed by atoms with van der Waals surface area (Å²) in [6, 6.07) is 4.87. The number of halogens is 2. The van der Waals surface area contributed by atoms with Crippen molar-refractivity contribution < 1.29 is 4.39 Å². The Hall–Kier alpha value is -2.17. The highest BCUT2D eigenvalue weighted by Crippen LogP contribution is 2.19. The molecule has 4 rings (SSSR count). The third-order valence-corrected chi connectivity index (χ3v) is 5.55. The molecule has 2 aromatic heterocycles. The summed E-state index contributed by atoms with van der Waals surface area (Å²) in [6.07, 6.45) is 8.27. The lowest BCUT2D eigenvalue weighted by atomic mass is 10.1. The average molecular weight is 539 g/mol. The van der Waals surface area contributed by atoms with Gasteiger partial charge in [0, 0.05) is 56.1 Å². The van der Waals surface area contributed by atoms with Crippen molar-refractivity contribution in [3.63, 3.8) is 0 Å². The van der Waals surface area contributed by atoms with Gasteiger partial charge in [-0.25, -0.2) is 4.39 Å². The third-order valence-electron chi connectivity index (χ3n) is 5.55. The fourth-order valence-electron chi connectivity index (χ4n) is 4.02. The fraction of sp³-hybridized carbons (Fsp3) is 0.500. The maximum absolute atomic E-state index is 13.4. The van der Waals surface area contributed by atoms with Gasteiger partial charge in [-0.1, -0.05) is 6.42 Å². The van der Waals surface area contributed by atoms with Crippen molar-refractivity contribution in [3.8, 4) is 0 Å². The molecule has 1 aliphatic heterocycles. The lowest BCUT2D eigenvalue weighted by Crippen LogP contribution is -2.38. The van der Waals surface area contributed by atoms with Crippen LogP contribution in [0.1, 0.15) is 43.4 Å². The molecular formula is C22H31FIN7. The van der Waals surface area contributed by atoms with Crippen LogP contribution in [0.2, 0.25) is 0 Å². The molecule has 0 unspecified atom stereocenters. The zero-order valence-electron chi connectivity index (χ0n) is 18.0. The number of H-pyrrole nitrogens is 1. The molecule has 168 valence electrons. The summed E-state index contributed by atoms with van der Waals surface area (Å²) < 4.78 is 15.6. The van der Waals surface area contributed by atoms with E-state index in [0.717, 1.165) is 67.4 Å². The first-order valence-electron chi connectivity index (χ1n) is 10.9. The molecule has 3 heterocycles. The van der Waals surface area contributed by atoms with E-state index in [0.29, 0.717) is 6.54 Å². The standard InChI is InChI=1S/C22H30FN7.HI/c1-2-24-22(25-11-9-16-15-27-19-14-17(23)7-8-18(16)19)26-12-10-21-29-28-20-6-4-3-5-13-30(20)21;/h7-8,14-15,27H,2-6,9-13H2,1H3,(H2,24,25,26);1H. The van der Waals surface area contributed by atoms with Crippen LogP contribution in [0.3, 0.4) is 0 Å². The van der Waals surface area contributed by atoms with Crippen LogP contribution in [0.15, 0.2) is 29.4 Å². The number of aliphatic imine (C=N–C) groups is 1. The number of hydrogen-bond acceptors (Lipinski definition) is 3. The molecule has 0 amide bonds. The first kappa shape index (κ1) is 23.5. The summed E-state index contributed by atoms with van der Waals surface area (Å²) >= 11 is 0. The van der Waals surface area contributed by atoms with Gasteiger partial charge < -0.3 is 20.2 Å². The molecule has 0 spiro atoms. The highest BCUT2D eigenvalue weighted by molar-refractivity contribution is 14.0.